The lowest BCUT2D eigenvalue weighted by molar-refractivity contribution is -0.137. The van der Waals surface area contributed by atoms with Crippen molar-refractivity contribution < 1.29 is 4.79 Å². The summed E-state index contributed by atoms with van der Waals surface area (Å²) in [7, 11) is 1.74. The maximum absolute atomic E-state index is 12.2. The van der Waals surface area contributed by atoms with Gasteiger partial charge in [0.25, 0.3) is 0 Å². The summed E-state index contributed by atoms with van der Waals surface area (Å²) in [6, 6.07) is 2.13. The van der Waals surface area contributed by atoms with Crippen LogP contribution in [0, 0.1) is 17.2 Å². The Kier molecular flexibility index (Phi) is 4.31. The topological polar surface area (TPSA) is 70.1 Å². The summed E-state index contributed by atoms with van der Waals surface area (Å²) >= 11 is 0. The molecule has 0 saturated heterocycles. The molecule has 1 amide bonds. The van der Waals surface area contributed by atoms with Gasteiger partial charge in [0.05, 0.1) is 17.5 Å². The van der Waals surface area contributed by atoms with Crippen LogP contribution in [0.15, 0.2) is 0 Å². The van der Waals surface area contributed by atoms with Gasteiger partial charge in [-0.05, 0) is 19.8 Å². The summed E-state index contributed by atoms with van der Waals surface area (Å²) in [5.41, 5.74) is 5.47. The molecule has 0 spiro atoms. The van der Waals surface area contributed by atoms with Crippen LogP contribution in [0.5, 0.6) is 0 Å². The minimum Gasteiger partial charge on any atom is -0.343 e. The summed E-state index contributed by atoms with van der Waals surface area (Å²) in [5.74, 6) is -0.143. The smallest absolute Gasteiger partial charge is 0.242 e. The third-order valence-corrected chi connectivity index (χ3v) is 3.29. The normalized spacial score (nSPS) is 20.9. The lowest BCUT2D eigenvalue weighted by atomic mass is 9.81. The Morgan fingerprint density at radius 3 is 2.56 bits per heavy atom. The fraction of sp³-hybridized carbons (Fsp3) is 0.833. The maximum Gasteiger partial charge on any atom is 0.242 e. The number of nitrogens with zero attached hydrogens (tertiary/aromatic N) is 2. The first kappa shape index (κ1) is 13.0. The van der Waals surface area contributed by atoms with E-state index < -0.39 is 5.54 Å². The molecular formula is C12H21N3O. The van der Waals surface area contributed by atoms with Crippen LogP contribution in [-0.2, 0) is 4.79 Å². The van der Waals surface area contributed by atoms with E-state index in [-0.39, 0.29) is 11.8 Å². The molecule has 0 aliphatic heterocycles. The molecule has 0 aromatic heterocycles. The highest BCUT2D eigenvalue weighted by molar-refractivity contribution is 5.86. The molecule has 0 radical (unpaired) electrons. The van der Waals surface area contributed by atoms with Gasteiger partial charge in [0.1, 0.15) is 0 Å². The molecule has 0 aromatic carbocycles. The second-order valence-electron chi connectivity index (χ2n) is 4.93. The second-order valence-corrected chi connectivity index (χ2v) is 4.93. The molecule has 1 aliphatic rings. The number of rotatable bonds is 3. The van der Waals surface area contributed by atoms with E-state index in [2.05, 4.69) is 6.07 Å². The van der Waals surface area contributed by atoms with Gasteiger partial charge < -0.3 is 10.6 Å². The van der Waals surface area contributed by atoms with Gasteiger partial charge in [-0.3, -0.25) is 4.79 Å². The fourth-order valence-corrected chi connectivity index (χ4v) is 2.31. The summed E-state index contributed by atoms with van der Waals surface area (Å²) in [5, 5.41) is 8.72. The number of carbonyl (C=O) groups is 1. The van der Waals surface area contributed by atoms with E-state index in [0.29, 0.717) is 6.54 Å². The molecule has 2 N–H and O–H groups in total. The standard InChI is InChI=1S/C12H21N3O/c1-10(8-13)9-15(2)11(16)12(14)6-4-3-5-7-12/h10H,3-7,9,14H2,1-2H3. The number of hydrogen-bond donors (Lipinski definition) is 1. The summed E-state index contributed by atoms with van der Waals surface area (Å²) < 4.78 is 0. The quantitative estimate of drug-likeness (QED) is 0.783. The molecule has 4 nitrogen and oxygen atoms in total. The van der Waals surface area contributed by atoms with Gasteiger partial charge in [-0.25, -0.2) is 0 Å². The Balaban J connectivity index is 2.58. The van der Waals surface area contributed by atoms with E-state index in [9.17, 15) is 4.79 Å². The van der Waals surface area contributed by atoms with Crippen LogP contribution in [0.3, 0.4) is 0 Å². The van der Waals surface area contributed by atoms with Gasteiger partial charge >= 0.3 is 0 Å². The summed E-state index contributed by atoms with van der Waals surface area (Å²) in [6.45, 7) is 2.28. The number of nitriles is 1. The molecular weight excluding hydrogens is 202 g/mol. The predicted octanol–water partition coefficient (Wildman–Crippen LogP) is 1.27. The molecule has 1 saturated carbocycles. The Morgan fingerprint density at radius 2 is 2.06 bits per heavy atom. The number of carbonyl (C=O) groups excluding carboxylic acids is 1. The van der Waals surface area contributed by atoms with Gasteiger partial charge in [0.2, 0.25) is 5.91 Å². The molecule has 1 unspecified atom stereocenters. The van der Waals surface area contributed by atoms with Crippen LogP contribution in [-0.4, -0.2) is 29.9 Å². The highest BCUT2D eigenvalue weighted by atomic mass is 16.2. The Morgan fingerprint density at radius 1 is 1.50 bits per heavy atom. The van der Waals surface area contributed by atoms with Crippen LogP contribution >= 0.6 is 0 Å². The first-order chi connectivity index (χ1) is 7.49. The molecule has 1 aliphatic carbocycles. The SMILES string of the molecule is CC(C#N)CN(C)C(=O)C1(N)CCCCC1. The molecule has 0 aromatic rings. The van der Waals surface area contributed by atoms with E-state index in [1.54, 1.807) is 11.9 Å². The molecule has 1 rings (SSSR count). The minimum atomic E-state index is -0.678. The van der Waals surface area contributed by atoms with Crippen molar-refractivity contribution in [3.05, 3.63) is 0 Å². The zero-order valence-electron chi connectivity index (χ0n) is 10.2. The number of amides is 1. The molecule has 4 heteroatoms. The molecule has 90 valence electrons. The third kappa shape index (κ3) is 2.96. The summed E-state index contributed by atoms with van der Waals surface area (Å²) in [6.07, 6.45) is 4.78. The first-order valence-corrected chi connectivity index (χ1v) is 5.93. The van der Waals surface area contributed by atoms with Gasteiger partial charge in [-0.2, -0.15) is 5.26 Å². The maximum atomic E-state index is 12.2. The summed E-state index contributed by atoms with van der Waals surface area (Å²) in [4.78, 5) is 13.8. The zero-order valence-corrected chi connectivity index (χ0v) is 10.2. The van der Waals surface area contributed by atoms with Gasteiger partial charge in [-0.15, -0.1) is 0 Å². The lowest BCUT2D eigenvalue weighted by Gasteiger charge is -2.35. The molecule has 0 heterocycles. The minimum absolute atomic E-state index is 0.00528. The van der Waals surface area contributed by atoms with E-state index in [1.165, 1.54) is 6.42 Å². The van der Waals surface area contributed by atoms with Crippen molar-refractivity contribution in [3.63, 3.8) is 0 Å². The van der Waals surface area contributed by atoms with Crippen LogP contribution < -0.4 is 5.73 Å². The van der Waals surface area contributed by atoms with Crippen molar-refractivity contribution in [2.24, 2.45) is 11.7 Å². The predicted molar refractivity (Wildman–Crippen MR) is 62.4 cm³/mol. The van der Waals surface area contributed by atoms with Gasteiger partial charge in [0.15, 0.2) is 0 Å². The molecule has 16 heavy (non-hydrogen) atoms. The van der Waals surface area contributed by atoms with E-state index in [0.717, 1.165) is 25.7 Å². The van der Waals surface area contributed by atoms with E-state index in [4.69, 9.17) is 11.0 Å². The van der Waals surface area contributed by atoms with Crippen molar-refractivity contribution in [1.82, 2.24) is 4.90 Å². The lowest BCUT2D eigenvalue weighted by Crippen LogP contribution is -2.55. The van der Waals surface area contributed by atoms with E-state index in [1.807, 2.05) is 6.92 Å². The largest absolute Gasteiger partial charge is 0.343 e. The van der Waals surface area contributed by atoms with E-state index >= 15 is 0 Å². The van der Waals surface area contributed by atoms with Crippen molar-refractivity contribution in [1.29, 1.82) is 5.26 Å². The third-order valence-electron chi connectivity index (χ3n) is 3.29. The highest BCUT2D eigenvalue weighted by Gasteiger charge is 2.37. The number of likely N-dealkylation sites (N-methyl/N-ethyl adjacent to an activating group) is 1. The Labute approximate surface area is 97.4 Å². The first-order valence-electron chi connectivity index (χ1n) is 5.93. The van der Waals surface area contributed by atoms with Gasteiger partial charge in [0, 0.05) is 13.6 Å². The van der Waals surface area contributed by atoms with Crippen molar-refractivity contribution in [2.75, 3.05) is 13.6 Å². The van der Waals surface area contributed by atoms with Gasteiger partial charge in [-0.1, -0.05) is 19.3 Å². The molecule has 0 bridgehead atoms. The molecule has 1 atom stereocenters. The van der Waals surface area contributed by atoms with Crippen LogP contribution in [0.25, 0.3) is 0 Å². The monoisotopic (exact) mass is 223 g/mol. The highest BCUT2D eigenvalue weighted by Crippen LogP contribution is 2.27. The van der Waals surface area contributed by atoms with Crippen molar-refractivity contribution >= 4 is 5.91 Å². The number of nitrogens with two attached hydrogens (primary N) is 1. The van der Waals surface area contributed by atoms with Crippen LogP contribution in [0.1, 0.15) is 39.0 Å². The Hall–Kier alpha value is -1.08. The number of hydrogen-bond acceptors (Lipinski definition) is 3. The molecule has 1 fully saturated rings. The van der Waals surface area contributed by atoms with Crippen LogP contribution in [0.4, 0.5) is 0 Å². The fourth-order valence-electron chi connectivity index (χ4n) is 2.31. The van der Waals surface area contributed by atoms with Crippen molar-refractivity contribution in [2.45, 2.75) is 44.6 Å². The second kappa shape index (κ2) is 5.31. The Bertz CT molecular complexity index is 289. The average molecular weight is 223 g/mol. The van der Waals surface area contributed by atoms with Crippen LogP contribution in [0.2, 0.25) is 0 Å². The average Bonchev–Trinajstić information content (AvgIpc) is 2.28. The van der Waals surface area contributed by atoms with Crippen molar-refractivity contribution in [3.8, 4) is 6.07 Å². The zero-order chi connectivity index (χ0) is 12.2.